The summed E-state index contributed by atoms with van der Waals surface area (Å²) in [4.78, 5) is 0. The second-order valence-electron chi connectivity index (χ2n) is 3.32. The van der Waals surface area contributed by atoms with Crippen molar-refractivity contribution in [3.63, 3.8) is 0 Å². The zero-order valence-corrected chi connectivity index (χ0v) is 9.06. The Kier molecular flexibility index (Phi) is 10.6. The van der Waals surface area contributed by atoms with Crippen molar-refractivity contribution in [1.82, 2.24) is 0 Å². The summed E-state index contributed by atoms with van der Waals surface area (Å²) in [6, 6.07) is 0. The van der Waals surface area contributed by atoms with Crippen molar-refractivity contribution in [2.24, 2.45) is 5.92 Å². The molecule has 0 amide bonds. The average Bonchev–Trinajstić information content (AvgIpc) is 2.17. The molecule has 0 spiro atoms. The zero-order valence-electron chi connectivity index (χ0n) is 8.24. The lowest BCUT2D eigenvalue weighted by Gasteiger charge is -2.12. The molecule has 0 unspecified atom stereocenters. The predicted molar refractivity (Wildman–Crippen MR) is 58.6 cm³/mol. The summed E-state index contributed by atoms with van der Waals surface area (Å²) < 4.78 is 0. The van der Waals surface area contributed by atoms with Gasteiger partial charge in [-0.3, -0.25) is 0 Å². The van der Waals surface area contributed by atoms with Gasteiger partial charge in [0.1, 0.15) is 0 Å². The van der Waals surface area contributed by atoms with Crippen LogP contribution >= 0.6 is 11.8 Å². The number of thioether (sulfide) groups is 1. The van der Waals surface area contributed by atoms with Crippen LogP contribution in [0.2, 0.25) is 0 Å². The highest BCUT2D eigenvalue weighted by molar-refractivity contribution is 8.00. The first-order valence-corrected chi connectivity index (χ1v) is 6.09. The Hall–Kier alpha value is 0.270. The van der Waals surface area contributed by atoms with Crippen LogP contribution < -0.4 is 0 Å². The smallest absolute Gasteiger partial charge is 0.0459 e. The monoisotopic (exact) mass is 205 g/mol. The summed E-state index contributed by atoms with van der Waals surface area (Å²) in [5.41, 5.74) is 0. The average molecular weight is 205 g/mol. The van der Waals surface area contributed by atoms with Gasteiger partial charge in [-0.25, -0.2) is 0 Å². The fourth-order valence-corrected chi connectivity index (χ4v) is 1.80. The fraction of sp³-hybridized carbons (Fsp3) is 0.900. The van der Waals surface area contributed by atoms with Crippen molar-refractivity contribution in [3.8, 4) is 0 Å². The van der Waals surface area contributed by atoms with Crippen LogP contribution in [0.15, 0.2) is 0 Å². The summed E-state index contributed by atoms with van der Waals surface area (Å²) in [6.07, 6.45) is 8.93. The van der Waals surface area contributed by atoms with Gasteiger partial charge in [0.15, 0.2) is 0 Å². The van der Waals surface area contributed by atoms with Crippen LogP contribution in [-0.4, -0.2) is 29.2 Å². The summed E-state index contributed by atoms with van der Waals surface area (Å²) in [5.74, 6) is 1.47. The molecular weight excluding hydrogens is 184 g/mol. The van der Waals surface area contributed by atoms with E-state index in [1.807, 2.05) is 0 Å². The standard InChI is InChI=1S/C10H21O2S/c1-13-8-6-10(9-12)5-3-2-4-7-11/h10-12H,1-9H2/t10-/m1/s1. The number of rotatable bonds is 9. The second kappa shape index (κ2) is 10.4. The molecule has 0 saturated heterocycles. The molecule has 1 radical (unpaired) electrons. The van der Waals surface area contributed by atoms with Crippen molar-refractivity contribution >= 4 is 11.8 Å². The molecule has 2 N–H and O–H groups in total. The molecule has 0 aliphatic rings. The lowest BCUT2D eigenvalue weighted by molar-refractivity contribution is 0.210. The highest BCUT2D eigenvalue weighted by Gasteiger charge is 2.05. The molecule has 0 aliphatic heterocycles. The molecule has 0 aromatic heterocycles. The van der Waals surface area contributed by atoms with Gasteiger partial charge in [0.05, 0.1) is 0 Å². The van der Waals surface area contributed by atoms with Gasteiger partial charge < -0.3 is 10.2 Å². The van der Waals surface area contributed by atoms with E-state index >= 15 is 0 Å². The molecule has 0 aromatic rings. The van der Waals surface area contributed by atoms with Crippen molar-refractivity contribution in [1.29, 1.82) is 0 Å². The van der Waals surface area contributed by atoms with Gasteiger partial charge in [0, 0.05) is 19.5 Å². The van der Waals surface area contributed by atoms with Crippen LogP contribution in [0.3, 0.4) is 0 Å². The molecule has 0 fully saturated rings. The Morgan fingerprint density at radius 2 is 1.85 bits per heavy atom. The van der Waals surface area contributed by atoms with E-state index < -0.39 is 0 Å². The SMILES string of the molecule is [CH2]SCC[C@H](CO)CCCCCO. The van der Waals surface area contributed by atoms with Crippen LogP contribution in [-0.2, 0) is 0 Å². The first kappa shape index (κ1) is 13.3. The van der Waals surface area contributed by atoms with Crippen molar-refractivity contribution in [2.75, 3.05) is 19.0 Å². The largest absolute Gasteiger partial charge is 0.396 e. The Morgan fingerprint density at radius 3 is 2.38 bits per heavy atom. The van der Waals surface area contributed by atoms with E-state index in [0.717, 1.165) is 37.9 Å². The number of unbranched alkanes of at least 4 members (excludes halogenated alkanes) is 2. The number of hydrogen-bond acceptors (Lipinski definition) is 3. The Morgan fingerprint density at radius 1 is 1.08 bits per heavy atom. The Balaban J connectivity index is 3.25. The third kappa shape index (κ3) is 8.60. The van der Waals surface area contributed by atoms with E-state index in [-0.39, 0.29) is 0 Å². The molecule has 2 nitrogen and oxygen atoms in total. The van der Waals surface area contributed by atoms with E-state index in [9.17, 15) is 0 Å². The van der Waals surface area contributed by atoms with E-state index in [2.05, 4.69) is 6.26 Å². The van der Waals surface area contributed by atoms with Crippen LogP contribution in [0.5, 0.6) is 0 Å². The topological polar surface area (TPSA) is 40.5 Å². The fourth-order valence-electron chi connectivity index (χ4n) is 1.30. The van der Waals surface area contributed by atoms with Crippen LogP contribution in [0.4, 0.5) is 0 Å². The first-order valence-electron chi connectivity index (χ1n) is 4.93. The normalized spacial score (nSPS) is 13.2. The molecule has 0 heterocycles. The van der Waals surface area contributed by atoms with E-state index in [1.165, 1.54) is 0 Å². The lowest BCUT2D eigenvalue weighted by Crippen LogP contribution is -2.07. The zero-order chi connectivity index (χ0) is 9.94. The van der Waals surface area contributed by atoms with Gasteiger partial charge >= 0.3 is 0 Å². The van der Waals surface area contributed by atoms with Crippen LogP contribution in [0, 0.1) is 12.2 Å². The summed E-state index contributed by atoms with van der Waals surface area (Å²) in [6.45, 7) is 0.582. The number of aliphatic hydroxyl groups excluding tert-OH is 2. The van der Waals surface area contributed by atoms with Crippen LogP contribution in [0.1, 0.15) is 32.1 Å². The van der Waals surface area contributed by atoms with Gasteiger partial charge in [-0.05, 0) is 30.9 Å². The number of aliphatic hydroxyl groups is 2. The molecule has 13 heavy (non-hydrogen) atoms. The minimum absolute atomic E-state index is 0.290. The van der Waals surface area contributed by atoms with Crippen molar-refractivity contribution in [3.05, 3.63) is 6.26 Å². The van der Waals surface area contributed by atoms with E-state index in [4.69, 9.17) is 10.2 Å². The third-order valence-corrected chi connectivity index (χ3v) is 2.72. The molecule has 79 valence electrons. The van der Waals surface area contributed by atoms with E-state index in [0.29, 0.717) is 19.1 Å². The third-order valence-electron chi connectivity index (χ3n) is 2.20. The molecule has 0 aliphatic carbocycles. The molecule has 0 bridgehead atoms. The number of hydrogen-bond donors (Lipinski definition) is 2. The maximum Gasteiger partial charge on any atom is 0.0459 e. The van der Waals surface area contributed by atoms with Gasteiger partial charge in [0.2, 0.25) is 0 Å². The first-order chi connectivity index (χ1) is 6.35. The highest BCUT2D eigenvalue weighted by Crippen LogP contribution is 2.15. The minimum Gasteiger partial charge on any atom is -0.396 e. The van der Waals surface area contributed by atoms with Gasteiger partial charge in [-0.15, -0.1) is 0 Å². The van der Waals surface area contributed by atoms with Gasteiger partial charge in [-0.1, -0.05) is 12.8 Å². The highest BCUT2D eigenvalue weighted by atomic mass is 32.2. The molecule has 0 aromatic carbocycles. The molecular formula is C10H21O2S. The van der Waals surface area contributed by atoms with Gasteiger partial charge in [-0.2, -0.15) is 11.8 Å². The van der Waals surface area contributed by atoms with Gasteiger partial charge in [0.25, 0.3) is 0 Å². The Bertz CT molecular complexity index is 98.9. The van der Waals surface area contributed by atoms with Crippen molar-refractivity contribution < 1.29 is 10.2 Å². The Labute approximate surface area is 85.7 Å². The maximum absolute atomic E-state index is 9.03. The maximum atomic E-state index is 9.03. The van der Waals surface area contributed by atoms with Crippen LogP contribution in [0.25, 0.3) is 0 Å². The second-order valence-corrected chi connectivity index (χ2v) is 4.13. The molecule has 1 atom stereocenters. The molecule has 3 heteroatoms. The van der Waals surface area contributed by atoms with Crippen molar-refractivity contribution in [2.45, 2.75) is 32.1 Å². The molecule has 0 rings (SSSR count). The van der Waals surface area contributed by atoms with E-state index in [1.54, 1.807) is 11.8 Å². The molecule has 0 saturated carbocycles. The summed E-state index contributed by atoms with van der Waals surface area (Å²) >= 11 is 1.59. The summed E-state index contributed by atoms with van der Waals surface area (Å²) in [7, 11) is 0. The quantitative estimate of drug-likeness (QED) is 0.566. The minimum atomic E-state index is 0.290. The summed E-state index contributed by atoms with van der Waals surface area (Å²) in [5, 5.41) is 17.6. The predicted octanol–water partition coefficient (Wildman–Crippen LogP) is 2.06. The lowest BCUT2D eigenvalue weighted by atomic mass is 10.00.